The van der Waals surface area contributed by atoms with E-state index < -0.39 is 17.3 Å². The van der Waals surface area contributed by atoms with Crippen molar-refractivity contribution in [3.63, 3.8) is 0 Å². The lowest BCUT2D eigenvalue weighted by atomic mass is 10.2. The van der Waals surface area contributed by atoms with Crippen LogP contribution in [0.15, 0.2) is 29.2 Å². The molecule has 0 fully saturated rings. The summed E-state index contributed by atoms with van der Waals surface area (Å²) < 4.78 is 1.23. The van der Waals surface area contributed by atoms with Crippen LogP contribution >= 0.6 is 0 Å². The third-order valence-corrected chi connectivity index (χ3v) is 3.01. The normalized spacial score (nSPS) is 11.0. The molecule has 2 heterocycles. The summed E-state index contributed by atoms with van der Waals surface area (Å²) in [5, 5.41) is 12.4. The Morgan fingerprint density at radius 2 is 2.19 bits per heavy atom. The van der Waals surface area contributed by atoms with Crippen molar-refractivity contribution in [2.75, 3.05) is 27.2 Å². The third kappa shape index (κ3) is 3.38. The molecular formula is C14H18N4O3. The van der Waals surface area contributed by atoms with Crippen LogP contribution in [0.3, 0.4) is 0 Å². The van der Waals surface area contributed by atoms with E-state index in [0.717, 1.165) is 13.0 Å². The van der Waals surface area contributed by atoms with Gasteiger partial charge >= 0.3 is 0 Å². The summed E-state index contributed by atoms with van der Waals surface area (Å²) in [6.45, 7) is 1.24. The second-order valence-corrected chi connectivity index (χ2v) is 4.96. The van der Waals surface area contributed by atoms with Crippen molar-refractivity contribution < 1.29 is 9.90 Å². The second-order valence-electron chi connectivity index (χ2n) is 4.96. The maximum absolute atomic E-state index is 12.2. The number of fused-ring (bicyclic) bond motifs is 1. The SMILES string of the molecule is CN(C)CCCNC(=O)c1c(O)nc2ccccn2c1=O. The molecule has 0 aliphatic heterocycles. The van der Waals surface area contributed by atoms with E-state index in [1.807, 2.05) is 19.0 Å². The number of nitrogens with one attached hydrogen (secondary N) is 1. The fourth-order valence-electron chi connectivity index (χ4n) is 1.96. The number of aromatic hydroxyl groups is 1. The van der Waals surface area contributed by atoms with E-state index >= 15 is 0 Å². The molecule has 0 unspecified atom stereocenters. The number of rotatable bonds is 5. The molecule has 0 saturated carbocycles. The van der Waals surface area contributed by atoms with Crippen molar-refractivity contribution in [3.8, 4) is 5.88 Å². The number of hydrogen-bond donors (Lipinski definition) is 2. The van der Waals surface area contributed by atoms with Gasteiger partial charge in [0.05, 0.1) is 0 Å². The van der Waals surface area contributed by atoms with Crippen LogP contribution in [0.4, 0.5) is 0 Å². The van der Waals surface area contributed by atoms with Gasteiger partial charge in [0.2, 0.25) is 5.88 Å². The minimum Gasteiger partial charge on any atom is -0.493 e. The largest absolute Gasteiger partial charge is 0.493 e. The molecule has 0 radical (unpaired) electrons. The monoisotopic (exact) mass is 290 g/mol. The van der Waals surface area contributed by atoms with Gasteiger partial charge < -0.3 is 15.3 Å². The average Bonchev–Trinajstić information content (AvgIpc) is 2.43. The standard InChI is InChI=1S/C14H18N4O3/c1-17(2)8-5-7-15-12(19)11-13(20)16-10-6-3-4-9-18(10)14(11)21/h3-4,6,9,20H,5,7-8H2,1-2H3,(H,15,19). The summed E-state index contributed by atoms with van der Waals surface area (Å²) in [5.74, 6) is -1.15. The fraction of sp³-hybridized carbons (Fsp3) is 0.357. The zero-order chi connectivity index (χ0) is 15.4. The van der Waals surface area contributed by atoms with Gasteiger partial charge in [-0.1, -0.05) is 6.07 Å². The van der Waals surface area contributed by atoms with Gasteiger partial charge in [0, 0.05) is 12.7 Å². The van der Waals surface area contributed by atoms with E-state index in [9.17, 15) is 14.7 Å². The van der Waals surface area contributed by atoms with Gasteiger partial charge in [-0.05, 0) is 39.2 Å². The van der Waals surface area contributed by atoms with Crippen LogP contribution in [0.2, 0.25) is 0 Å². The van der Waals surface area contributed by atoms with Crippen molar-refractivity contribution in [1.29, 1.82) is 0 Å². The average molecular weight is 290 g/mol. The predicted octanol–water partition coefficient (Wildman–Crippen LogP) is 0.0816. The molecule has 0 saturated heterocycles. The number of nitrogens with zero attached hydrogens (tertiary/aromatic N) is 3. The Morgan fingerprint density at radius 1 is 1.43 bits per heavy atom. The van der Waals surface area contributed by atoms with Crippen molar-refractivity contribution >= 4 is 11.6 Å². The molecule has 7 heteroatoms. The maximum Gasteiger partial charge on any atom is 0.274 e. The lowest BCUT2D eigenvalue weighted by Gasteiger charge is -2.10. The van der Waals surface area contributed by atoms with E-state index in [1.165, 1.54) is 10.6 Å². The summed E-state index contributed by atoms with van der Waals surface area (Å²) >= 11 is 0. The molecule has 1 amide bonds. The molecule has 2 aromatic heterocycles. The first-order valence-electron chi connectivity index (χ1n) is 6.64. The molecule has 7 nitrogen and oxygen atoms in total. The van der Waals surface area contributed by atoms with Crippen molar-refractivity contribution in [2.45, 2.75) is 6.42 Å². The molecule has 0 aliphatic carbocycles. The summed E-state index contributed by atoms with van der Waals surface area (Å²) in [6.07, 6.45) is 2.26. The Labute approximate surface area is 121 Å². The first kappa shape index (κ1) is 15.0. The molecular weight excluding hydrogens is 272 g/mol. The van der Waals surface area contributed by atoms with Crippen LogP contribution in [0.25, 0.3) is 5.65 Å². The third-order valence-electron chi connectivity index (χ3n) is 3.01. The minimum atomic E-state index is -0.609. The summed E-state index contributed by atoms with van der Waals surface area (Å²) in [4.78, 5) is 30.1. The van der Waals surface area contributed by atoms with Gasteiger partial charge in [-0.15, -0.1) is 0 Å². The van der Waals surface area contributed by atoms with Crippen LogP contribution < -0.4 is 10.9 Å². The highest BCUT2D eigenvalue weighted by molar-refractivity contribution is 5.96. The number of pyridine rings is 1. The van der Waals surface area contributed by atoms with Crippen molar-refractivity contribution in [3.05, 3.63) is 40.3 Å². The smallest absolute Gasteiger partial charge is 0.274 e. The molecule has 0 bridgehead atoms. The van der Waals surface area contributed by atoms with Crippen molar-refractivity contribution in [1.82, 2.24) is 19.6 Å². The molecule has 2 aromatic rings. The summed E-state index contributed by atoms with van der Waals surface area (Å²) in [7, 11) is 3.88. The van der Waals surface area contributed by atoms with Crippen molar-refractivity contribution in [2.24, 2.45) is 0 Å². The summed E-state index contributed by atoms with van der Waals surface area (Å²) in [5.41, 5.74) is -0.615. The molecule has 0 atom stereocenters. The molecule has 2 N–H and O–H groups in total. The molecule has 112 valence electrons. The van der Waals surface area contributed by atoms with Gasteiger partial charge in [0.25, 0.3) is 11.5 Å². The summed E-state index contributed by atoms with van der Waals surface area (Å²) in [6, 6.07) is 4.94. The van der Waals surface area contributed by atoms with Crippen LogP contribution in [0, 0.1) is 0 Å². The highest BCUT2D eigenvalue weighted by Gasteiger charge is 2.19. The van der Waals surface area contributed by atoms with Gasteiger partial charge in [0.1, 0.15) is 5.65 Å². The Balaban J connectivity index is 2.21. The first-order valence-corrected chi connectivity index (χ1v) is 6.64. The zero-order valence-electron chi connectivity index (χ0n) is 12.0. The predicted molar refractivity (Wildman–Crippen MR) is 78.6 cm³/mol. The highest BCUT2D eigenvalue weighted by atomic mass is 16.3. The minimum absolute atomic E-state index is 0.296. The van der Waals surface area contributed by atoms with E-state index in [2.05, 4.69) is 10.3 Å². The van der Waals surface area contributed by atoms with Gasteiger partial charge in [-0.25, -0.2) is 0 Å². The lowest BCUT2D eigenvalue weighted by molar-refractivity contribution is 0.0947. The number of carbonyl (C=O) groups excluding carboxylic acids is 1. The van der Waals surface area contributed by atoms with E-state index in [-0.39, 0.29) is 5.56 Å². The number of aromatic nitrogens is 2. The zero-order valence-corrected chi connectivity index (χ0v) is 12.0. The molecule has 0 aliphatic rings. The van der Waals surface area contributed by atoms with E-state index in [4.69, 9.17) is 0 Å². The second kappa shape index (κ2) is 6.36. The Morgan fingerprint density at radius 3 is 2.90 bits per heavy atom. The molecule has 0 aromatic carbocycles. The van der Waals surface area contributed by atoms with Gasteiger partial charge in [-0.2, -0.15) is 4.98 Å². The first-order chi connectivity index (χ1) is 10.0. The Hall–Kier alpha value is -2.41. The molecule has 0 spiro atoms. The number of amides is 1. The topological polar surface area (TPSA) is 86.9 Å². The highest BCUT2D eigenvalue weighted by Crippen LogP contribution is 2.10. The maximum atomic E-state index is 12.2. The fourth-order valence-corrected chi connectivity index (χ4v) is 1.96. The van der Waals surface area contributed by atoms with Gasteiger partial charge in [-0.3, -0.25) is 14.0 Å². The molecule has 21 heavy (non-hydrogen) atoms. The molecule has 2 rings (SSSR count). The number of carbonyl (C=O) groups is 1. The Bertz CT molecular complexity index is 709. The van der Waals surface area contributed by atoms with Crippen LogP contribution in [0.1, 0.15) is 16.8 Å². The van der Waals surface area contributed by atoms with Gasteiger partial charge in [0.15, 0.2) is 5.56 Å². The van der Waals surface area contributed by atoms with Crippen LogP contribution in [-0.2, 0) is 0 Å². The number of hydrogen-bond acceptors (Lipinski definition) is 5. The van der Waals surface area contributed by atoms with E-state index in [1.54, 1.807) is 18.2 Å². The van der Waals surface area contributed by atoms with Crippen LogP contribution in [-0.4, -0.2) is 52.5 Å². The Kier molecular flexibility index (Phi) is 4.54. The lowest BCUT2D eigenvalue weighted by Crippen LogP contribution is -2.33. The van der Waals surface area contributed by atoms with Crippen LogP contribution in [0.5, 0.6) is 5.88 Å². The quantitative estimate of drug-likeness (QED) is 0.762. The van der Waals surface area contributed by atoms with E-state index in [0.29, 0.717) is 12.2 Å².